The molecule has 12 heavy (non-hydrogen) atoms. The van der Waals surface area contributed by atoms with Crippen LogP contribution in [0.3, 0.4) is 0 Å². The zero-order chi connectivity index (χ0) is 9.00. The quantitative estimate of drug-likeness (QED) is 0.367. The zero-order valence-electron chi connectivity index (χ0n) is 8.33. The van der Waals surface area contributed by atoms with Crippen LogP contribution in [0.25, 0.3) is 0 Å². The van der Waals surface area contributed by atoms with Crippen molar-refractivity contribution >= 4 is 36.8 Å². The molecule has 0 N–H and O–H groups in total. The molecule has 0 aromatic carbocycles. The smallest absolute Gasteiger partial charge is 1.00 e. The van der Waals surface area contributed by atoms with Gasteiger partial charge < -0.3 is 0 Å². The normalized spacial score (nSPS) is 9.83. The fourth-order valence-corrected chi connectivity index (χ4v) is 0. The van der Waals surface area contributed by atoms with E-state index in [1.165, 1.54) is 0 Å². The Hall–Kier alpha value is 2.34. The molecule has 0 saturated heterocycles. The van der Waals surface area contributed by atoms with E-state index >= 15 is 0 Å². The molecule has 0 heterocycles. The maximum atomic E-state index is 3.83. The van der Waals surface area contributed by atoms with Crippen molar-refractivity contribution in [1.82, 2.24) is 0 Å². The molecule has 4 heteroatoms. The van der Waals surface area contributed by atoms with Crippen LogP contribution >= 0.6 is 0 Å². The van der Waals surface area contributed by atoms with Crippen molar-refractivity contribution in [3.8, 4) is 0 Å². The summed E-state index contributed by atoms with van der Waals surface area (Å²) in [6, 6.07) is 0. The molecule has 0 atom stereocenters. The van der Waals surface area contributed by atoms with Crippen LogP contribution in [0.5, 0.6) is 0 Å². The summed E-state index contributed by atoms with van der Waals surface area (Å²) in [6.45, 7) is 0. The van der Waals surface area contributed by atoms with E-state index in [1.54, 1.807) is 0 Å². The second kappa shape index (κ2) is 9.88. The van der Waals surface area contributed by atoms with Gasteiger partial charge in [0.1, 0.15) is 0 Å². The molecule has 0 rings (SSSR count). The third-order valence-corrected chi connectivity index (χ3v) is 0. The van der Waals surface area contributed by atoms with Gasteiger partial charge in [-0.1, -0.05) is 0 Å². The molecule has 0 aromatic rings. The Labute approximate surface area is 114 Å². The van der Waals surface area contributed by atoms with E-state index in [1.807, 2.05) is 0 Å². The number of hydrogen-bond acceptors (Lipinski definition) is 0. The molecule has 0 saturated carbocycles. The summed E-state index contributed by atoms with van der Waals surface area (Å²) in [4.78, 5) is 0. The van der Waals surface area contributed by atoms with Crippen molar-refractivity contribution in [1.29, 1.82) is 0 Å². The Morgan fingerprint density at radius 3 is 0.750 bits per heavy atom. The predicted octanol–water partition coefficient (Wildman–Crippen LogP) is 2.16. The summed E-state index contributed by atoms with van der Waals surface area (Å²) in [5, 5.41) is 7.66. The Morgan fingerprint density at radius 2 is 0.750 bits per heavy atom. The summed E-state index contributed by atoms with van der Waals surface area (Å²) in [5.74, 6) is 0. The fourth-order valence-electron chi connectivity index (χ4n) is 0. The molecular weight excluding hydrogens is 462 g/mol. The van der Waals surface area contributed by atoms with Crippen LogP contribution in [0.15, 0.2) is 0 Å². The maximum absolute atomic E-state index is 3.83. The third kappa shape index (κ3) is 290. The molecule has 0 aromatic heterocycles. The minimum absolute atomic E-state index is 0. The van der Waals surface area contributed by atoms with Crippen molar-refractivity contribution < 1.29 is 44.8 Å². The monoisotopic (exact) mass is 480 g/mol. The second-order valence-corrected chi connectivity index (χ2v) is 20.1. The molecule has 0 amide bonds. The van der Waals surface area contributed by atoms with E-state index in [2.05, 4.69) is 44.9 Å². The zero-order valence-corrected chi connectivity index (χ0v) is 15.0. The molecule has 0 spiro atoms. The van der Waals surface area contributed by atoms with Gasteiger partial charge in [-0.05, 0) is 0 Å². The van der Waals surface area contributed by atoms with Gasteiger partial charge in [0.25, 0.3) is 0 Å². The van der Waals surface area contributed by atoms with Crippen molar-refractivity contribution in [3.05, 3.63) is 11.4 Å². The van der Waals surface area contributed by atoms with Gasteiger partial charge in [-0.15, -0.1) is 0 Å². The molecular formula is C8H20Ag2As2. The van der Waals surface area contributed by atoms with Gasteiger partial charge in [0.05, 0.1) is 0 Å². The Kier molecular flexibility index (Phi) is 19.6. The molecule has 0 aliphatic heterocycles. The number of rotatable bonds is 0. The summed E-state index contributed by atoms with van der Waals surface area (Å²) >= 11 is -2.75. The summed E-state index contributed by atoms with van der Waals surface area (Å²) in [5.41, 5.74) is 16.2. The van der Waals surface area contributed by atoms with Crippen LogP contribution in [-0.2, 0) is 44.8 Å². The van der Waals surface area contributed by atoms with Crippen molar-refractivity contribution in [3.63, 3.8) is 0 Å². The molecule has 0 nitrogen and oxygen atoms in total. The Bertz CT molecular complexity index is 127. The molecule has 84 valence electrons. The third-order valence-electron chi connectivity index (χ3n) is 0. The topological polar surface area (TPSA) is 0 Å². The van der Waals surface area contributed by atoms with E-state index in [0.717, 1.165) is 0 Å². The van der Waals surface area contributed by atoms with E-state index in [-0.39, 0.29) is 44.8 Å². The Morgan fingerprint density at radius 1 is 0.750 bits per heavy atom. The van der Waals surface area contributed by atoms with Gasteiger partial charge in [-0.3, -0.25) is 0 Å². The first-order valence-electron chi connectivity index (χ1n) is 3.05. The second-order valence-electron chi connectivity index (χ2n) is 3.87. The predicted molar refractivity (Wildman–Crippen MR) is 59.9 cm³/mol. The minimum Gasteiger partial charge on any atom is 1.00 e. The molecule has 0 unspecified atom stereocenters. The molecule has 0 fully saturated rings. The largest absolute Gasteiger partial charge is 1.00 e. The van der Waals surface area contributed by atoms with Crippen molar-refractivity contribution in [2.24, 2.45) is 0 Å². The first kappa shape index (κ1) is 23.9. The van der Waals surface area contributed by atoms with Gasteiger partial charge >= 0.3 is 116 Å². The van der Waals surface area contributed by atoms with Crippen LogP contribution in [0.4, 0.5) is 0 Å². The first-order chi connectivity index (χ1) is 4.00. The van der Waals surface area contributed by atoms with E-state index < -0.39 is 26.2 Å². The van der Waals surface area contributed by atoms with Crippen LogP contribution in [-0.4, -0.2) is 36.8 Å². The summed E-state index contributed by atoms with van der Waals surface area (Å²) in [6.07, 6.45) is 0. The van der Waals surface area contributed by atoms with Crippen molar-refractivity contribution in [2.75, 3.05) is 0 Å². The van der Waals surface area contributed by atoms with Crippen molar-refractivity contribution in [2.45, 2.75) is 22.8 Å². The van der Waals surface area contributed by atoms with Crippen LogP contribution < -0.4 is 0 Å². The standard InChI is InChI=1S/2C4H10As.2Ag/c2*1-5(2,3)4;;/h2*1-2H2,3-4H3;;/q2*-1;2*+1. The average molecular weight is 482 g/mol. The molecule has 0 aliphatic carbocycles. The van der Waals surface area contributed by atoms with Gasteiger partial charge in [0.15, 0.2) is 0 Å². The van der Waals surface area contributed by atoms with E-state index in [4.69, 9.17) is 0 Å². The summed E-state index contributed by atoms with van der Waals surface area (Å²) < 4.78 is 0. The van der Waals surface area contributed by atoms with E-state index in [9.17, 15) is 0 Å². The average Bonchev–Trinajstić information content (AvgIpc) is 1.12. The maximum Gasteiger partial charge on any atom is 1.00 e. The van der Waals surface area contributed by atoms with Gasteiger partial charge in [-0.25, -0.2) is 0 Å². The number of hydrogen-bond donors (Lipinski definition) is 0. The van der Waals surface area contributed by atoms with Crippen LogP contribution in [0, 0.1) is 11.4 Å². The van der Waals surface area contributed by atoms with Crippen LogP contribution in [0.1, 0.15) is 0 Å². The summed E-state index contributed by atoms with van der Waals surface area (Å²) in [7, 11) is 0. The molecule has 0 bridgehead atoms. The fraction of sp³-hybridized carbons (Fsp3) is 0.500. The molecule has 0 aliphatic rings. The van der Waals surface area contributed by atoms with E-state index in [0.29, 0.717) is 0 Å². The van der Waals surface area contributed by atoms with Gasteiger partial charge in [-0.2, -0.15) is 0 Å². The van der Waals surface area contributed by atoms with Gasteiger partial charge in [0.2, 0.25) is 0 Å². The molecule has 0 radical (unpaired) electrons. The Balaban J connectivity index is -0.0000000457. The van der Waals surface area contributed by atoms with Crippen LogP contribution in [0.2, 0.25) is 22.8 Å². The minimum atomic E-state index is -1.38. The SMILES string of the molecule is C=[As]([CH2-])(C)C.C=[As]([CH2-])(C)C.[Ag+].[Ag+]. The van der Waals surface area contributed by atoms with Gasteiger partial charge in [0, 0.05) is 0 Å². The first-order valence-corrected chi connectivity index (χ1v) is 15.9.